The predicted octanol–water partition coefficient (Wildman–Crippen LogP) is 2.33. The first-order valence-corrected chi connectivity index (χ1v) is 6.53. The number of benzene rings is 1. The van der Waals surface area contributed by atoms with Gasteiger partial charge in [0, 0.05) is 19.3 Å². The van der Waals surface area contributed by atoms with Gasteiger partial charge in [-0.15, -0.1) is 0 Å². The molecule has 0 heterocycles. The Morgan fingerprint density at radius 3 is 2.67 bits per heavy atom. The first kappa shape index (κ1) is 13.1. The van der Waals surface area contributed by atoms with Crippen LogP contribution in [0, 0.1) is 18.3 Å². The Morgan fingerprint density at radius 1 is 1.50 bits per heavy atom. The van der Waals surface area contributed by atoms with Gasteiger partial charge in [-0.1, -0.05) is 19.1 Å². The third-order valence-corrected chi connectivity index (χ3v) is 4.02. The van der Waals surface area contributed by atoms with Crippen LogP contribution in [0.1, 0.15) is 25.3 Å². The van der Waals surface area contributed by atoms with Crippen molar-refractivity contribution in [1.29, 1.82) is 0 Å². The largest absolute Gasteiger partial charge is 0.329 e. The number of carbonyl (C=O) groups excluding carboxylic acids is 1. The van der Waals surface area contributed by atoms with Crippen LogP contribution in [0.5, 0.6) is 0 Å². The minimum Gasteiger partial charge on any atom is -0.329 e. The molecule has 0 saturated heterocycles. The maximum absolute atomic E-state index is 12.6. The van der Waals surface area contributed by atoms with E-state index in [1.165, 1.54) is 0 Å². The zero-order valence-corrected chi connectivity index (χ0v) is 11.4. The molecule has 98 valence electrons. The van der Waals surface area contributed by atoms with E-state index < -0.39 is 0 Å². The fourth-order valence-electron chi connectivity index (χ4n) is 3.01. The van der Waals surface area contributed by atoms with E-state index in [1.54, 1.807) is 4.90 Å². The summed E-state index contributed by atoms with van der Waals surface area (Å²) >= 11 is 0. The van der Waals surface area contributed by atoms with Gasteiger partial charge in [0.15, 0.2) is 0 Å². The molecule has 1 aromatic rings. The number of carbonyl (C=O) groups is 1. The number of hydrogen-bond donors (Lipinski definition) is 1. The van der Waals surface area contributed by atoms with Crippen molar-refractivity contribution in [3.05, 3.63) is 29.8 Å². The smallest absolute Gasteiger partial charge is 0.234 e. The molecule has 0 unspecified atom stereocenters. The maximum atomic E-state index is 12.6. The standard InChI is InChI=1S/C15H22N2O/c1-11-5-4-6-13(7-11)17(3)14(18)15(10-16)8-12(2)9-15/h4-7,12H,8-10,16H2,1-3H3. The van der Waals surface area contributed by atoms with Gasteiger partial charge in [0.2, 0.25) is 5.91 Å². The van der Waals surface area contributed by atoms with Gasteiger partial charge in [-0.2, -0.15) is 0 Å². The molecule has 1 aliphatic carbocycles. The molecular weight excluding hydrogens is 224 g/mol. The van der Waals surface area contributed by atoms with E-state index in [1.807, 2.05) is 38.2 Å². The lowest BCUT2D eigenvalue weighted by molar-refractivity contribution is -0.134. The summed E-state index contributed by atoms with van der Waals surface area (Å²) < 4.78 is 0. The highest BCUT2D eigenvalue weighted by atomic mass is 16.2. The average Bonchev–Trinajstić information content (AvgIpc) is 2.33. The number of nitrogens with zero attached hydrogens (tertiary/aromatic N) is 1. The summed E-state index contributed by atoms with van der Waals surface area (Å²) in [5.74, 6) is 0.775. The van der Waals surface area contributed by atoms with E-state index in [4.69, 9.17) is 5.73 Å². The molecule has 0 aromatic heterocycles. The molecule has 1 fully saturated rings. The zero-order chi connectivity index (χ0) is 13.3. The fraction of sp³-hybridized carbons (Fsp3) is 0.533. The van der Waals surface area contributed by atoms with Gasteiger partial charge in [-0.05, 0) is 43.4 Å². The van der Waals surface area contributed by atoms with Gasteiger partial charge in [0.1, 0.15) is 0 Å². The van der Waals surface area contributed by atoms with Crippen LogP contribution in [0.25, 0.3) is 0 Å². The van der Waals surface area contributed by atoms with Crippen LogP contribution in [-0.2, 0) is 4.79 Å². The van der Waals surface area contributed by atoms with Gasteiger partial charge in [-0.3, -0.25) is 4.79 Å². The van der Waals surface area contributed by atoms with Crippen LogP contribution in [0.4, 0.5) is 5.69 Å². The summed E-state index contributed by atoms with van der Waals surface area (Å²) in [6.45, 7) is 4.66. The molecule has 0 aliphatic heterocycles. The van der Waals surface area contributed by atoms with Crippen LogP contribution in [0.15, 0.2) is 24.3 Å². The second-order valence-corrected chi connectivity index (χ2v) is 5.70. The van der Waals surface area contributed by atoms with Gasteiger partial charge in [0.05, 0.1) is 5.41 Å². The third-order valence-electron chi connectivity index (χ3n) is 4.02. The first-order chi connectivity index (χ1) is 8.48. The monoisotopic (exact) mass is 246 g/mol. The van der Waals surface area contributed by atoms with Crippen molar-refractivity contribution in [2.45, 2.75) is 26.7 Å². The lowest BCUT2D eigenvalue weighted by atomic mass is 9.62. The highest BCUT2D eigenvalue weighted by molar-refractivity contribution is 5.98. The molecule has 1 amide bonds. The highest BCUT2D eigenvalue weighted by Gasteiger charge is 2.48. The number of rotatable bonds is 3. The van der Waals surface area contributed by atoms with E-state index in [0.717, 1.165) is 24.1 Å². The van der Waals surface area contributed by atoms with Gasteiger partial charge in [-0.25, -0.2) is 0 Å². The fourth-order valence-corrected chi connectivity index (χ4v) is 3.01. The molecule has 1 aromatic carbocycles. The number of amides is 1. The second-order valence-electron chi connectivity index (χ2n) is 5.70. The topological polar surface area (TPSA) is 46.3 Å². The lowest BCUT2D eigenvalue weighted by Crippen LogP contribution is -2.54. The molecule has 1 saturated carbocycles. The predicted molar refractivity (Wildman–Crippen MR) is 74.5 cm³/mol. The van der Waals surface area contributed by atoms with Crippen LogP contribution >= 0.6 is 0 Å². The summed E-state index contributed by atoms with van der Waals surface area (Å²) in [4.78, 5) is 14.3. The summed E-state index contributed by atoms with van der Waals surface area (Å²) in [6.07, 6.45) is 1.83. The van der Waals surface area contributed by atoms with Gasteiger partial charge >= 0.3 is 0 Å². The normalized spacial score (nSPS) is 26.6. The molecule has 0 atom stereocenters. The van der Waals surface area contributed by atoms with E-state index in [-0.39, 0.29) is 11.3 Å². The molecule has 2 N–H and O–H groups in total. The minimum atomic E-state index is -0.322. The Balaban J connectivity index is 2.18. The maximum Gasteiger partial charge on any atom is 0.234 e. The number of aryl methyl sites for hydroxylation is 1. The summed E-state index contributed by atoms with van der Waals surface area (Å²) in [7, 11) is 1.84. The summed E-state index contributed by atoms with van der Waals surface area (Å²) in [6, 6.07) is 8.01. The quantitative estimate of drug-likeness (QED) is 0.889. The first-order valence-electron chi connectivity index (χ1n) is 6.53. The summed E-state index contributed by atoms with van der Waals surface area (Å²) in [5.41, 5.74) is 7.62. The van der Waals surface area contributed by atoms with Crippen molar-refractivity contribution in [3.8, 4) is 0 Å². The van der Waals surface area contributed by atoms with Crippen LogP contribution < -0.4 is 10.6 Å². The zero-order valence-electron chi connectivity index (χ0n) is 11.4. The number of hydrogen-bond acceptors (Lipinski definition) is 2. The van der Waals surface area contributed by atoms with Crippen molar-refractivity contribution in [1.82, 2.24) is 0 Å². The molecule has 1 aliphatic rings. The van der Waals surface area contributed by atoms with Crippen molar-refractivity contribution >= 4 is 11.6 Å². The second kappa shape index (κ2) is 4.73. The summed E-state index contributed by atoms with van der Waals surface area (Å²) in [5, 5.41) is 0. The van der Waals surface area contributed by atoms with E-state index in [9.17, 15) is 4.79 Å². The van der Waals surface area contributed by atoms with E-state index >= 15 is 0 Å². The van der Waals surface area contributed by atoms with Crippen molar-refractivity contribution in [3.63, 3.8) is 0 Å². The molecular formula is C15H22N2O. The van der Waals surface area contributed by atoms with Crippen molar-refractivity contribution < 1.29 is 4.79 Å². The van der Waals surface area contributed by atoms with Gasteiger partial charge in [0.25, 0.3) is 0 Å². The Kier molecular flexibility index (Phi) is 3.44. The third kappa shape index (κ3) is 2.15. The van der Waals surface area contributed by atoms with Crippen LogP contribution in [0.2, 0.25) is 0 Å². The molecule has 0 bridgehead atoms. The number of anilines is 1. The Morgan fingerprint density at radius 2 is 2.17 bits per heavy atom. The molecule has 3 heteroatoms. The highest BCUT2D eigenvalue weighted by Crippen LogP contribution is 2.46. The van der Waals surface area contributed by atoms with E-state index in [0.29, 0.717) is 12.5 Å². The average molecular weight is 246 g/mol. The van der Waals surface area contributed by atoms with E-state index in [2.05, 4.69) is 6.92 Å². The molecule has 3 nitrogen and oxygen atoms in total. The molecule has 0 spiro atoms. The molecule has 18 heavy (non-hydrogen) atoms. The van der Waals surface area contributed by atoms with Crippen LogP contribution in [0.3, 0.4) is 0 Å². The lowest BCUT2D eigenvalue weighted by Gasteiger charge is -2.46. The number of nitrogens with two attached hydrogens (primary N) is 1. The van der Waals surface area contributed by atoms with Crippen molar-refractivity contribution in [2.75, 3.05) is 18.5 Å². The van der Waals surface area contributed by atoms with Gasteiger partial charge < -0.3 is 10.6 Å². The molecule has 0 radical (unpaired) electrons. The SMILES string of the molecule is Cc1cccc(N(C)C(=O)C2(CN)CC(C)C2)c1. The Labute approximate surface area is 109 Å². The minimum absolute atomic E-state index is 0.161. The Hall–Kier alpha value is -1.35. The molecule has 2 rings (SSSR count). The van der Waals surface area contributed by atoms with Crippen LogP contribution in [-0.4, -0.2) is 19.5 Å². The van der Waals surface area contributed by atoms with Crippen molar-refractivity contribution in [2.24, 2.45) is 17.1 Å². The Bertz CT molecular complexity index is 450.